The van der Waals surface area contributed by atoms with E-state index in [1.54, 1.807) is 0 Å². The molecule has 0 spiro atoms. The van der Waals surface area contributed by atoms with Gasteiger partial charge in [-0.2, -0.15) is 0 Å². The molecule has 18 heavy (non-hydrogen) atoms. The van der Waals surface area contributed by atoms with Crippen LogP contribution >= 0.6 is 0 Å². The van der Waals surface area contributed by atoms with Crippen LogP contribution in [0.1, 0.15) is 0 Å². The van der Waals surface area contributed by atoms with Crippen LogP contribution in [0.25, 0.3) is 27.2 Å². The van der Waals surface area contributed by atoms with Gasteiger partial charge in [0.15, 0.2) is 0 Å². The summed E-state index contributed by atoms with van der Waals surface area (Å²) in [4.78, 5) is 4.39. The van der Waals surface area contributed by atoms with Crippen LogP contribution in [0.5, 0.6) is 0 Å². The predicted molar refractivity (Wildman–Crippen MR) is 69.0 cm³/mol. The molecule has 1 radical (unpaired) electrons. The minimum atomic E-state index is 0. The molecular formula is C15H9IrN2-. The molecule has 2 heterocycles. The Labute approximate surface area is 118 Å². The number of hydrogen-bond donors (Lipinski definition) is 0. The molecule has 0 saturated heterocycles. The average molecular weight is 409 g/mol. The maximum atomic E-state index is 4.39. The number of imidazole rings is 1. The molecule has 0 aliphatic heterocycles. The van der Waals surface area contributed by atoms with E-state index in [9.17, 15) is 0 Å². The molecule has 0 saturated carbocycles. The van der Waals surface area contributed by atoms with Crippen molar-refractivity contribution in [2.24, 2.45) is 0 Å². The van der Waals surface area contributed by atoms with Crippen LogP contribution in [0.2, 0.25) is 0 Å². The molecule has 2 nitrogen and oxygen atoms in total. The van der Waals surface area contributed by atoms with E-state index in [2.05, 4.69) is 41.4 Å². The van der Waals surface area contributed by atoms with E-state index < -0.39 is 0 Å². The van der Waals surface area contributed by atoms with Crippen molar-refractivity contribution in [3.05, 3.63) is 61.1 Å². The van der Waals surface area contributed by atoms with Crippen LogP contribution in [-0.2, 0) is 20.1 Å². The summed E-state index contributed by atoms with van der Waals surface area (Å²) < 4.78 is 2.02. The first-order valence-corrected chi connectivity index (χ1v) is 5.58. The van der Waals surface area contributed by atoms with Crippen LogP contribution in [0.15, 0.2) is 55.0 Å². The number of hydrogen-bond acceptors (Lipinski definition) is 1. The van der Waals surface area contributed by atoms with E-state index in [0.29, 0.717) is 0 Å². The molecule has 0 atom stereocenters. The Bertz CT molecular complexity index is 849. The zero-order chi connectivity index (χ0) is 11.2. The zero-order valence-electron chi connectivity index (χ0n) is 9.42. The summed E-state index contributed by atoms with van der Waals surface area (Å²) >= 11 is 0. The van der Waals surface area contributed by atoms with Gasteiger partial charge in [0.1, 0.15) is 0 Å². The van der Waals surface area contributed by atoms with Crippen molar-refractivity contribution in [2.45, 2.75) is 0 Å². The number of nitrogens with zero attached hydrogens (tertiary/aromatic N) is 2. The van der Waals surface area contributed by atoms with Crippen LogP contribution in [0.4, 0.5) is 0 Å². The molecule has 0 unspecified atom stereocenters. The van der Waals surface area contributed by atoms with E-state index in [1.165, 1.54) is 10.8 Å². The Morgan fingerprint density at radius 2 is 1.89 bits per heavy atom. The molecule has 4 aromatic rings. The summed E-state index contributed by atoms with van der Waals surface area (Å²) in [6.07, 6.45) is 5.81. The maximum absolute atomic E-state index is 4.39. The van der Waals surface area contributed by atoms with E-state index in [0.717, 1.165) is 16.4 Å². The van der Waals surface area contributed by atoms with Crippen LogP contribution in [0, 0.1) is 6.07 Å². The molecule has 0 aliphatic rings. The monoisotopic (exact) mass is 410 g/mol. The summed E-state index contributed by atoms with van der Waals surface area (Å²) in [5, 5.41) is 4.62. The standard InChI is InChI=1S/C15H9N2.Ir/c1-2-4-12-10-14-13(9-11(12)3-1)5-7-17-8-6-16-15(14)17;/h1-9H;/q-1;. The fourth-order valence-corrected chi connectivity index (χ4v) is 2.29. The first-order chi connectivity index (χ1) is 8.42. The fourth-order valence-electron chi connectivity index (χ4n) is 2.29. The van der Waals surface area contributed by atoms with Crippen molar-refractivity contribution in [1.29, 1.82) is 0 Å². The van der Waals surface area contributed by atoms with Crippen molar-refractivity contribution in [2.75, 3.05) is 0 Å². The van der Waals surface area contributed by atoms with Gasteiger partial charge in [0.05, 0.1) is 5.65 Å². The summed E-state index contributed by atoms with van der Waals surface area (Å²) in [7, 11) is 0. The molecule has 2 aromatic heterocycles. The Hall–Kier alpha value is -1.70. The molecular weight excluding hydrogens is 400 g/mol. The SMILES string of the molecule is [Ir].[c-]1c2ccccc2cc2ccn3ccnc3c12. The van der Waals surface area contributed by atoms with Gasteiger partial charge in [-0.1, -0.05) is 40.4 Å². The smallest absolute Gasteiger partial charge is 0.0775 e. The van der Waals surface area contributed by atoms with Gasteiger partial charge < -0.3 is 4.40 Å². The molecule has 0 bridgehead atoms. The molecule has 0 aliphatic carbocycles. The zero-order valence-corrected chi connectivity index (χ0v) is 11.8. The van der Waals surface area contributed by atoms with Crippen molar-refractivity contribution in [3.8, 4) is 0 Å². The van der Waals surface area contributed by atoms with Crippen molar-refractivity contribution < 1.29 is 20.1 Å². The number of rotatable bonds is 0. The largest absolute Gasteiger partial charge is 0.339 e. The van der Waals surface area contributed by atoms with E-state index >= 15 is 0 Å². The summed E-state index contributed by atoms with van der Waals surface area (Å²) in [5.41, 5.74) is 0.966. The second kappa shape index (κ2) is 4.20. The van der Waals surface area contributed by atoms with Crippen LogP contribution < -0.4 is 0 Å². The Balaban J connectivity index is 0.000001000. The first kappa shape index (κ1) is 11.4. The topological polar surface area (TPSA) is 17.3 Å². The normalized spacial score (nSPS) is 10.9. The molecule has 0 fully saturated rings. The van der Waals surface area contributed by atoms with Crippen molar-refractivity contribution in [1.82, 2.24) is 9.38 Å². The van der Waals surface area contributed by atoms with Gasteiger partial charge in [-0.05, 0) is 6.20 Å². The fraction of sp³-hybridized carbons (Fsp3) is 0. The molecule has 3 heteroatoms. The van der Waals surface area contributed by atoms with Gasteiger partial charge in [-0.15, -0.1) is 23.6 Å². The average Bonchev–Trinajstić information content (AvgIpc) is 2.85. The maximum Gasteiger partial charge on any atom is 0.0775 e. The van der Waals surface area contributed by atoms with Gasteiger partial charge in [-0.25, -0.2) is 0 Å². The van der Waals surface area contributed by atoms with Crippen LogP contribution in [-0.4, -0.2) is 9.38 Å². The predicted octanol–water partition coefficient (Wildman–Crippen LogP) is 3.44. The van der Waals surface area contributed by atoms with Crippen molar-refractivity contribution in [3.63, 3.8) is 0 Å². The number of aromatic nitrogens is 2. The van der Waals surface area contributed by atoms with Gasteiger partial charge in [0.25, 0.3) is 0 Å². The summed E-state index contributed by atoms with van der Waals surface area (Å²) in [6, 6.07) is 16.0. The van der Waals surface area contributed by atoms with E-state index in [-0.39, 0.29) is 20.1 Å². The van der Waals surface area contributed by atoms with Gasteiger partial charge >= 0.3 is 0 Å². The third-order valence-electron chi connectivity index (χ3n) is 3.13. The molecule has 0 amide bonds. The second-order valence-corrected chi connectivity index (χ2v) is 4.16. The molecule has 0 N–H and O–H groups in total. The quantitative estimate of drug-likeness (QED) is 0.321. The minimum absolute atomic E-state index is 0. The number of benzene rings is 2. The van der Waals surface area contributed by atoms with Gasteiger partial charge in [0.2, 0.25) is 0 Å². The van der Waals surface area contributed by atoms with Crippen molar-refractivity contribution >= 4 is 27.2 Å². The molecule has 4 rings (SSSR count). The summed E-state index contributed by atoms with van der Waals surface area (Å²) in [6.45, 7) is 0. The summed E-state index contributed by atoms with van der Waals surface area (Å²) in [5.74, 6) is 0. The minimum Gasteiger partial charge on any atom is -0.339 e. The van der Waals surface area contributed by atoms with Gasteiger partial charge in [-0.3, -0.25) is 4.98 Å². The van der Waals surface area contributed by atoms with Gasteiger partial charge in [0, 0.05) is 32.5 Å². The number of fused-ring (bicyclic) bond motifs is 4. The molecule has 89 valence electrons. The second-order valence-electron chi connectivity index (χ2n) is 4.16. The third-order valence-corrected chi connectivity index (χ3v) is 3.13. The first-order valence-electron chi connectivity index (χ1n) is 5.58. The Kier molecular flexibility index (Phi) is 2.66. The molecule has 2 aromatic carbocycles. The van der Waals surface area contributed by atoms with E-state index in [4.69, 9.17) is 0 Å². The number of pyridine rings is 1. The van der Waals surface area contributed by atoms with Crippen LogP contribution in [0.3, 0.4) is 0 Å². The Morgan fingerprint density at radius 1 is 1.00 bits per heavy atom. The third kappa shape index (κ3) is 1.56. The van der Waals surface area contributed by atoms with E-state index in [1.807, 2.05) is 29.1 Å². The Morgan fingerprint density at radius 3 is 2.83 bits per heavy atom.